The van der Waals surface area contributed by atoms with Gasteiger partial charge in [-0.2, -0.15) is 0 Å². The molecule has 2 rings (SSSR count). The molecule has 1 aromatic rings. The maximum absolute atomic E-state index is 12.2. The zero-order valence-electron chi connectivity index (χ0n) is 10.8. The molecule has 19 heavy (non-hydrogen) atoms. The molecular weight excluding hydrogens is 262 g/mol. The van der Waals surface area contributed by atoms with E-state index in [1.165, 1.54) is 0 Å². The lowest BCUT2D eigenvalue weighted by Crippen LogP contribution is -2.26. The predicted molar refractivity (Wildman–Crippen MR) is 73.1 cm³/mol. The van der Waals surface area contributed by atoms with Crippen LogP contribution in [0.3, 0.4) is 0 Å². The Bertz CT molecular complexity index is 622. The largest absolute Gasteiger partial charge is 0.384 e. The molecule has 0 unspecified atom stereocenters. The summed E-state index contributed by atoms with van der Waals surface area (Å²) in [7, 11) is -3.47. The third kappa shape index (κ3) is 3.80. The summed E-state index contributed by atoms with van der Waals surface area (Å²) < 4.78 is 27.0. The monoisotopic (exact) mass is 279 g/mol. The van der Waals surface area contributed by atoms with Crippen LogP contribution >= 0.6 is 0 Å². The van der Waals surface area contributed by atoms with Gasteiger partial charge in [-0.1, -0.05) is 17.9 Å². The fraction of sp³-hybridized carbons (Fsp3) is 0.429. The smallest absolute Gasteiger partial charge is 0.240 e. The van der Waals surface area contributed by atoms with Crippen LogP contribution in [0, 0.1) is 24.7 Å². The van der Waals surface area contributed by atoms with Crippen LogP contribution in [0.25, 0.3) is 0 Å². The van der Waals surface area contributed by atoms with Crippen LogP contribution in [0.2, 0.25) is 0 Å². The van der Waals surface area contributed by atoms with Crippen LogP contribution in [-0.4, -0.2) is 26.7 Å². The zero-order valence-corrected chi connectivity index (χ0v) is 11.6. The first-order chi connectivity index (χ1) is 9.03. The van der Waals surface area contributed by atoms with Gasteiger partial charge in [0.05, 0.1) is 4.90 Å². The number of aliphatic hydroxyl groups excluding tert-OH is 1. The van der Waals surface area contributed by atoms with Crippen molar-refractivity contribution in [2.75, 3.05) is 13.2 Å². The maximum atomic E-state index is 12.2. The number of benzene rings is 1. The lowest BCUT2D eigenvalue weighted by molar-refractivity contribution is 0.350. The summed E-state index contributed by atoms with van der Waals surface area (Å²) in [5, 5.41) is 8.66. The van der Waals surface area contributed by atoms with Gasteiger partial charge in [-0.05, 0) is 43.4 Å². The minimum Gasteiger partial charge on any atom is -0.384 e. The molecule has 1 aromatic carbocycles. The summed E-state index contributed by atoms with van der Waals surface area (Å²) in [6.07, 6.45) is 2.20. The van der Waals surface area contributed by atoms with Crippen LogP contribution in [0.5, 0.6) is 0 Å². The predicted octanol–water partition coefficient (Wildman–Crippen LogP) is 1.03. The van der Waals surface area contributed by atoms with E-state index in [1.807, 2.05) is 0 Å². The molecule has 0 spiro atoms. The van der Waals surface area contributed by atoms with E-state index >= 15 is 0 Å². The van der Waals surface area contributed by atoms with Gasteiger partial charge < -0.3 is 5.11 Å². The fourth-order valence-corrected chi connectivity index (χ4v) is 3.12. The highest BCUT2D eigenvalue weighted by atomic mass is 32.2. The molecule has 2 N–H and O–H groups in total. The number of rotatable bonds is 4. The zero-order chi connectivity index (χ0) is 13.9. The van der Waals surface area contributed by atoms with E-state index in [1.54, 1.807) is 25.1 Å². The van der Waals surface area contributed by atoms with Gasteiger partial charge >= 0.3 is 0 Å². The highest BCUT2D eigenvalue weighted by Crippen LogP contribution is 2.28. The number of aliphatic hydroxyl groups is 1. The summed E-state index contributed by atoms with van der Waals surface area (Å²) in [4.78, 5) is 0.262. The first kappa shape index (κ1) is 14.1. The second kappa shape index (κ2) is 5.74. The molecule has 0 radical (unpaired) electrons. The molecule has 4 nitrogen and oxygen atoms in total. The van der Waals surface area contributed by atoms with Crippen molar-refractivity contribution in [3.05, 3.63) is 29.3 Å². The van der Waals surface area contributed by atoms with E-state index in [9.17, 15) is 8.42 Å². The van der Waals surface area contributed by atoms with Crippen molar-refractivity contribution in [3.8, 4) is 11.8 Å². The Kier molecular flexibility index (Phi) is 4.25. The van der Waals surface area contributed by atoms with Crippen LogP contribution in [0.1, 0.15) is 24.0 Å². The van der Waals surface area contributed by atoms with Crippen LogP contribution in [0.15, 0.2) is 23.1 Å². The molecule has 0 saturated heterocycles. The molecule has 1 saturated carbocycles. The molecule has 1 aliphatic rings. The van der Waals surface area contributed by atoms with Gasteiger partial charge in [0.15, 0.2) is 0 Å². The molecule has 0 aromatic heterocycles. The quantitative estimate of drug-likeness (QED) is 0.809. The summed E-state index contributed by atoms with van der Waals surface area (Å²) in [6.45, 7) is 2.03. The molecule has 1 aliphatic carbocycles. The Morgan fingerprint density at radius 1 is 1.42 bits per heavy atom. The van der Waals surface area contributed by atoms with Crippen molar-refractivity contribution in [2.24, 2.45) is 5.92 Å². The number of hydrogen-bond donors (Lipinski definition) is 2. The Morgan fingerprint density at radius 2 is 2.16 bits per heavy atom. The van der Waals surface area contributed by atoms with Gasteiger partial charge in [0, 0.05) is 12.1 Å². The van der Waals surface area contributed by atoms with Crippen molar-refractivity contribution in [3.63, 3.8) is 0 Å². The fourth-order valence-electron chi connectivity index (χ4n) is 1.74. The van der Waals surface area contributed by atoms with Gasteiger partial charge in [0.25, 0.3) is 0 Å². The van der Waals surface area contributed by atoms with Crippen LogP contribution < -0.4 is 4.72 Å². The minimum atomic E-state index is -3.47. The van der Waals surface area contributed by atoms with Gasteiger partial charge in [-0.3, -0.25) is 0 Å². The van der Waals surface area contributed by atoms with Crippen LogP contribution in [0.4, 0.5) is 0 Å². The maximum Gasteiger partial charge on any atom is 0.240 e. The van der Waals surface area contributed by atoms with Crippen molar-refractivity contribution in [1.29, 1.82) is 0 Å². The lowest BCUT2D eigenvalue weighted by Gasteiger charge is -2.09. The Labute approximate surface area is 113 Å². The molecular formula is C14H17NO3S. The third-order valence-electron chi connectivity index (χ3n) is 3.05. The molecule has 0 amide bonds. The molecule has 0 atom stereocenters. The Morgan fingerprint density at radius 3 is 2.79 bits per heavy atom. The topological polar surface area (TPSA) is 66.4 Å². The molecule has 0 bridgehead atoms. The summed E-state index contributed by atoms with van der Waals surface area (Å²) in [6, 6.07) is 5.03. The SMILES string of the molecule is Cc1ccc(C#CCO)cc1S(=O)(=O)NCC1CC1. The normalized spacial score (nSPS) is 14.8. The second-order valence-electron chi connectivity index (χ2n) is 4.74. The number of sulfonamides is 1. The molecule has 0 heterocycles. The van der Waals surface area contributed by atoms with Crippen LogP contribution in [-0.2, 0) is 10.0 Å². The standard InChI is InChI=1S/C14H17NO3S/c1-11-4-5-12(3-2-8-16)9-14(11)19(17,18)15-10-13-6-7-13/h4-5,9,13,15-16H,6-8,10H2,1H3. The van der Waals surface area contributed by atoms with Gasteiger partial charge in [-0.25, -0.2) is 13.1 Å². The van der Waals surface area contributed by atoms with Crippen molar-refractivity contribution in [2.45, 2.75) is 24.7 Å². The summed E-state index contributed by atoms with van der Waals surface area (Å²) >= 11 is 0. The summed E-state index contributed by atoms with van der Waals surface area (Å²) in [5.41, 5.74) is 1.28. The highest BCUT2D eigenvalue weighted by Gasteiger charge is 2.25. The van der Waals surface area contributed by atoms with E-state index in [0.29, 0.717) is 23.6 Å². The first-order valence-electron chi connectivity index (χ1n) is 6.23. The van der Waals surface area contributed by atoms with Crippen molar-refractivity contribution < 1.29 is 13.5 Å². The van der Waals surface area contributed by atoms with E-state index < -0.39 is 10.0 Å². The first-order valence-corrected chi connectivity index (χ1v) is 7.71. The Hall–Kier alpha value is -1.35. The number of hydrogen-bond acceptors (Lipinski definition) is 3. The molecule has 5 heteroatoms. The average Bonchev–Trinajstić information content (AvgIpc) is 3.19. The molecule has 1 fully saturated rings. The average molecular weight is 279 g/mol. The van der Waals surface area contributed by atoms with E-state index in [4.69, 9.17) is 5.11 Å². The third-order valence-corrected chi connectivity index (χ3v) is 4.61. The van der Waals surface area contributed by atoms with Gasteiger partial charge in [0.1, 0.15) is 6.61 Å². The van der Waals surface area contributed by atoms with Gasteiger partial charge in [0.2, 0.25) is 10.0 Å². The second-order valence-corrected chi connectivity index (χ2v) is 6.47. The number of nitrogens with one attached hydrogen (secondary N) is 1. The molecule has 102 valence electrons. The lowest BCUT2D eigenvalue weighted by atomic mass is 10.1. The summed E-state index contributed by atoms with van der Waals surface area (Å²) in [5.74, 6) is 5.73. The van der Waals surface area contributed by atoms with Gasteiger partial charge in [-0.15, -0.1) is 0 Å². The van der Waals surface area contributed by atoms with E-state index in [-0.39, 0.29) is 11.5 Å². The highest BCUT2D eigenvalue weighted by molar-refractivity contribution is 7.89. The van der Waals surface area contributed by atoms with Crippen molar-refractivity contribution in [1.82, 2.24) is 4.72 Å². The number of aryl methyl sites for hydroxylation is 1. The van der Waals surface area contributed by atoms with Crippen molar-refractivity contribution >= 4 is 10.0 Å². The molecule has 0 aliphatic heterocycles. The minimum absolute atomic E-state index is 0.240. The van der Waals surface area contributed by atoms with E-state index in [2.05, 4.69) is 16.6 Å². The Balaban J connectivity index is 2.25. The van der Waals surface area contributed by atoms with E-state index in [0.717, 1.165) is 12.8 Å².